The second kappa shape index (κ2) is 7.02. The summed E-state index contributed by atoms with van der Waals surface area (Å²) in [5.41, 5.74) is 1.49. The molecule has 0 saturated heterocycles. The number of hydrogen-bond donors (Lipinski definition) is 3. The Morgan fingerprint density at radius 3 is 2.64 bits per heavy atom. The van der Waals surface area contributed by atoms with Crippen LogP contribution < -0.4 is 5.32 Å². The van der Waals surface area contributed by atoms with Crippen LogP contribution in [0.1, 0.15) is 34.3 Å². The summed E-state index contributed by atoms with van der Waals surface area (Å²) in [7, 11) is 0. The van der Waals surface area contributed by atoms with Crippen LogP contribution in [0.4, 0.5) is 0 Å². The Bertz CT molecular complexity index is 937. The molecular formula is C17H15BrN4O3. The molecule has 128 valence electrons. The first kappa shape index (κ1) is 17.1. The van der Waals surface area contributed by atoms with E-state index in [0.29, 0.717) is 22.4 Å². The molecule has 1 aromatic carbocycles. The normalized spacial score (nSPS) is 12.1. The number of aromatic nitrogens is 3. The minimum absolute atomic E-state index is 0.219. The Morgan fingerprint density at radius 2 is 1.96 bits per heavy atom. The van der Waals surface area contributed by atoms with Crippen LogP contribution in [-0.2, 0) is 4.79 Å². The predicted octanol–water partition coefficient (Wildman–Crippen LogP) is 2.97. The maximum absolute atomic E-state index is 12.7. The third-order valence-electron chi connectivity index (χ3n) is 3.70. The highest BCUT2D eigenvalue weighted by Crippen LogP contribution is 2.21. The summed E-state index contributed by atoms with van der Waals surface area (Å²) in [6.45, 7) is 1.69. The number of halogens is 1. The van der Waals surface area contributed by atoms with Gasteiger partial charge in [-0.25, -0.2) is 9.97 Å². The second-order valence-corrected chi connectivity index (χ2v) is 6.45. The molecule has 25 heavy (non-hydrogen) atoms. The lowest BCUT2D eigenvalue weighted by Gasteiger charge is -2.17. The van der Waals surface area contributed by atoms with Crippen LogP contribution in [0.5, 0.6) is 0 Å². The Morgan fingerprint density at radius 1 is 1.24 bits per heavy atom. The molecule has 3 aromatic rings. The van der Waals surface area contributed by atoms with E-state index in [1.165, 1.54) is 0 Å². The zero-order chi connectivity index (χ0) is 18.0. The number of amides is 1. The molecule has 0 fully saturated rings. The molecule has 0 aliphatic carbocycles. The van der Waals surface area contributed by atoms with Crippen LogP contribution in [0, 0.1) is 6.92 Å². The van der Waals surface area contributed by atoms with Gasteiger partial charge in [0.25, 0.3) is 5.91 Å². The number of hydrogen-bond acceptors (Lipinski definition) is 4. The van der Waals surface area contributed by atoms with Gasteiger partial charge in [0.05, 0.1) is 17.8 Å². The van der Waals surface area contributed by atoms with Crippen LogP contribution in [-0.4, -0.2) is 31.9 Å². The van der Waals surface area contributed by atoms with Crippen molar-refractivity contribution in [2.75, 3.05) is 0 Å². The van der Waals surface area contributed by atoms with Crippen molar-refractivity contribution in [1.82, 2.24) is 20.3 Å². The number of aryl methyl sites for hydroxylation is 1. The Labute approximate surface area is 151 Å². The molecule has 2 aromatic heterocycles. The van der Waals surface area contributed by atoms with E-state index in [-0.39, 0.29) is 12.1 Å². The van der Waals surface area contributed by atoms with Crippen molar-refractivity contribution in [1.29, 1.82) is 0 Å². The van der Waals surface area contributed by atoms with Crippen LogP contribution in [0.25, 0.3) is 11.0 Å². The van der Waals surface area contributed by atoms with Crippen molar-refractivity contribution in [2.24, 2.45) is 0 Å². The standard InChI is InChI=1S/C17H15BrN4O3/c1-9-20-15(12-6-7-19-16(12)21-9)17(25)22-13(8-14(23)24)10-2-4-11(18)5-3-10/h2-7,13H,8H2,1H3,(H,22,25)(H,23,24)(H,19,20,21)/t13-/m0/s1. The number of carboxylic acids is 1. The number of rotatable bonds is 5. The molecule has 0 unspecified atom stereocenters. The van der Waals surface area contributed by atoms with Crippen molar-refractivity contribution in [3.05, 3.63) is 58.1 Å². The minimum Gasteiger partial charge on any atom is -0.481 e. The lowest BCUT2D eigenvalue weighted by atomic mass is 10.0. The molecule has 8 heteroatoms. The first-order valence-electron chi connectivity index (χ1n) is 7.54. The smallest absolute Gasteiger partial charge is 0.305 e. The highest BCUT2D eigenvalue weighted by Gasteiger charge is 2.22. The molecule has 0 bridgehead atoms. The number of aliphatic carboxylic acids is 1. The lowest BCUT2D eigenvalue weighted by Crippen LogP contribution is -2.31. The molecule has 0 saturated carbocycles. The summed E-state index contributed by atoms with van der Waals surface area (Å²) >= 11 is 3.34. The van der Waals surface area contributed by atoms with Crippen LogP contribution >= 0.6 is 15.9 Å². The molecule has 1 atom stereocenters. The van der Waals surface area contributed by atoms with Gasteiger partial charge >= 0.3 is 5.97 Å². The van der Waals surface area contributed by atoms with E-state index < -0.39 is 17.9 Å². The Balaban J connectivity index is 1.92. The van der Waals surface area contributed by atoms with E-state index in [0.717, 1.165) is 4.47 Å². The molecule has 0 aliphatic rings. The highest BCUT2D eigenvalue weighted by atomic mass is 79.9. The van der Waals surface area contributed by atoms with Crippen molar-refractivity contribution < 1.29 is 14.7 Å². The molecule has 2 heterocycles. The second-order valence-electron chi connectivity index (χ2n) is 5.53. The summed E-state index contributed by atoms with van der Waals surface area (Å²) < 4.78 is 0.872. The van der Waals surface area contributed by atoms with E-state index >= 15 is 0 Å². The van der Waals surface area contributed by atoms with Crippen molar-refractivity contribution in [3.63, 3.8) is 0 Å². The van der Waals surface area contributed by atoms with Gasteiger partial charge in [0.2, 0.25) is 0 Å². The van der Waals surface area contributed by atoms with Gasteiger partial charge in [-0.15, -0.1) is 0 Å². The number of benzene rings is 1. The number of fused-ring (bicyclic) bond motifs is 1. The number of carbonyl (C=O) groups excluding carboxylic acids is 1. The Hall–Kier alpha value is -2.74. The molecule has 0 spiro atoms. The molecule has 3 rings (SSSR count). The van der Waals surface area contributed by atoms with Gasteiger partial charge in [-0.3, -0.25) is 9.59 Å². The average Bonchev–Trinajstić information content (AvgIpc) is 3.01. The van der Waals surface area contributed by atoms with Crippen molar-refractivity contribution >= 4 is 38.8 Å². The topological polar surface area (TPSA) is 108 Å². The van der Waals surface area contributed by atoms with Gasteiger partial charge in [-0.05, 0) is 30.7 Å². The van der Waals surface area contributed by atoms with Gasteiger partial charge < -0.3 is 15.4 Å². The zero-order valence-electron chi connectivity index (χ0n) is 13.3. The quantitative estimate of drug-likeness (QED) is 0.607. The van der Waals surface area contributed by atoms with Gasteiger partial charge in [-0.1, -0.05) is 28.1 Å². The van der Waals surface area contributed by atoms with E-state index in [1.807, 2.05) is 0 Å². The number of nitrogens with zero attached hydrogens (tertiary/aromatic N) is 2. The van der Waals surface area contributed by atoms with Gasteiger partial charge in [-0.2, -0.15) is 0 Å². The zero-order valence-corrected chi connectivity index (χ0v) is 14.9. The number of carbonyl (C=O) groups is 2. The third kappa shape index (κ3) is 3.85. The van der Waals surface area contributed by atoms with Crippen molar-refractivity contribution in [3.8, 4) is 0 Å². The molecule has 0 radical (unpaired) electrons. The van der Waals surface area contributed by atoms with E-state index in [1.54, 1.807) is 43.5 Å². The van der Waals surface area contributed by atoms with Gasteiger partial charge in [0.1, 0.15) is 17.2 Å². The van der Waals surface area contributed by atoms with E-state index in [9.17, 15) is 14.7 Å². The monoisotopic (exact) mass is 402 g/mol. The number of nitrogens with one attached hydrogen (secondary N) is 2. The van der Waals surface area contributed by atoms with Crippen LogP contribution in [0.15, 0.2) is 41.0 Å². The maximum Gasteiger partial charge on any atom is 0.305 e. The molecule has 7 nitrogen and oxygen atoms in total. The molecule has 1 amide bonds. The van der Waals surface area contributed by atoms with Gasteiger partial charge in [0, 0.05) is 10.7 Å². The van der Waals surface area contributed by atoms with Crippen molar-refractivity contribution in [2.45, 2.75) is 19.4 Å². The number of aromatic amines is 1. The minimum atomic E-state index is -1.00. The number of carboxylic acid groups (broad SMARTS) is 1. The lowest BCUT2D eigenvalue weighted by molar-refractivity contribution is -0.137. The number of H-pyrrole nitrogens is 1. The first-order valence-corrected chi connectivity index (χ1v) is 8.33. The largest absolute Gasteiger partial charge is 0.481 e. The third-order valence-corrected chi connectivity index (χ3v) is 4.23. The maximum atomic E-state index is 12.7. The predicted molar refractivity (Wildman–Crippen MR) is 95.2 cm³/mol. The molecular weight excluding hydrogens is 388 g/mol. The molecule has 3 N–H and O–H groups in total. The summed E-state index contributed by atoms with van der Waals surface area (Å²) in [5, 5.41) is 12.5. The fourth-order valence-corrected chi connectivity index (χ4v) is 2.84. The summed E-state index contributed by atoms with van der Waals surface area (Å²) in [4.78, 5) is 35.3. The van der Waals surface area contributed by atoms with Crippen LogP contribution in [0.3, 0.4) is 0 Å². The van der Waals surface area contributed by atoms with E-state index in [4.69, 9.17) is 0 Å². The summed E-state index contributed by atoms with van der Waals surface area (Å²) in [5.74, 6) is -0.985. The highest BCUT2D eigenvalue weighted by molar-refractivity contribution is 9.10. The van der Waals surface area contributed by atoms with E-state index in [2.05, 4.69) is 36.2 Å². The SMILES string of the molecule is Cc1nc(C(=O)N[C@@H](CC(=O)O)c2ccc(Br)cc2)c2cc[nH]c2n1. The summed E-state index contributed by atoms with van der Waals surface area (Å²) in [6, 6.07) is 8.20. The fourth-order valence-electron chi connectivity index (χ4n) is 2.57. The fraction of sp³-hybridized carbons (Fsp3) is 0.176. The average molecular weight is 403 g/mol. The van der Waals surface area contributed by atoms with Gasteiger partial charge in [0.15, 0.2) is 0 Å². The Kier molecular flexibility index (Phi) is 4.80. The summed E-state index contributed by atoms with van der Waals surface area (Å²) in [6.07, 6.45) is 1.45. The molecule has 0 aliphatic heterocycles. The van der Waals surface area contributed by atoms with Crippen LogP contribution in [0.2, 0.25) is 0 Å². The first-order chi connectivity index (χ1) is 11.9.